The van der Waals surface area contributed by atoms with E-state index in [0.29, 0.717) is 25.7 Å². The number of unbranched alkanes of at least 4 members (excludes halogenated alkanes) is 44. The molecule has 0 bridgehead atoms. The summed E-state index contributed by atoms with van der Waals surface area (Å²) in [6, 6.07) is 0. The zero-order chi connectivity index (χ0) is 73.2. The third kappa shape index (κ3) is 73.3. The Morgan fingerprint density at radius 1 is 0.280 bits per heavy atom. The predicted molar refractivity (Wildman–Crippen MR) is 409 cm³/mol. The van der Waals surface area contributed by atoms with Crippen LogP contribution < -0.4 is 0 Å². The summed E-state index contributed by atoms with van der Waals surface area (Å²) in [5.74, 6) is -2.16. The molecule has 100 heavy (non-hydrogen) atoms. The van der Waals surface area contributed by atoms with Crippen molar-refractivity contribution >= 4 is 39.5 Å². The molecule has 0 saturated carbocycles. The molecule has 19 heteroatoms. The van der Waals surface area contributed by atoms with E-state index < -0.39 is 97.5 Å². The van der Waals surface area contributed by atoms with Gasteiger partial charge in [-0.25, -0.2) is 9.13 Å². The summed E-state index contributed by atoms with van der Waals surface area (Å²) < 4.78 is 68.7. The van der Waals surface area contributed by atoms with Gasteiger partial charge in [0, 0.05) is 25.7 Å². The van der Waals surface area contributed by atoms with Crippen LogP contribution in [-0.2, 0) is 65.4 Å². The Balaban J connectivity index is 5.33. The van der Waals surface area contributed by atoms with Crippen molar-refractivity contribution < 1.29 is 80.2 Å². The molecule has 0 radical (unpaired) electrons. The standard InChI is InChI=1S/C81H150O17P2/c1-5-9-13-17-21-25-29-33-37-41-45-49-53-57-61-65-78(83)91-71-76(97-80(85)67-63-59-55-51-47-43-39-35-31-27-23-19-15-11-7-3)73-95-99(87,88)93-69-75(82)70-94-100(89,90)96-74-77(98-81(86)68-64-60-56-52-48-44-40-36-32-28-24-20-16-12-8-4)72-92-79(84)66-62-58-54-50-46-42-38-34-30-26-22-18-14-10-6-2/h23,26-27,30,33,35,37,39,75-77,82H,5-22,24-25,28-29,31-32,34,36,38,40-74H2,1-4H3,(H,87,88)(H,89,90)/b27-23-,30-26-,37-33-,39-35-/t75-,76-,77-/m1/s1. The van der Waals surface area contributed by atoms with Gasteiger partial charge in [-0.2, -0.15) is 0 Å². The highest BCUT2D eigenvalue weighted by Crippen LogP contribution is 2.45. The Morgan fingerprint density at radius 2 is 0.490 bits per heavy atom. The molecule has 2 unspecified atom stereocenters. The number of allylic oxidation sites excluding steroid dienone is 8. The van der Waals surface area contributed by atoms with E-state index in [1.807, 2.05) is 0 Å². The highest BCUT2D eigenvalue weighted by molar-refractivity contribution is 7.47. The summed E-state index contributed by atoms with van der Waals surface area (Å²) in [4.78, 5) is 73.0. The van der Waals surface area contributed by atoms with Gasteiger partial charge in [0.15, 0.2) is 12.2 Å². The molecule has 0 amide bonds. The minimum Gasteiger partial charge on any atom is -0.462 e. The van der Waals surface area contributed by atoms with Gasteiger partial charge in [0.05, 0.1) is 26.4 Å². The summed E-state index contributed by atoms with van der Waals surface area (Å²) in [5.41, 5.74) is 0. The summed E-state index contributed by atoms with van der Waals surface area (Å²) in [6.07, 6.45) is 72.2. The average Bonchev–Trinajstić information content (AvgIpc) is 1.25. The van der Waals surface area contributed by atoms with Crippen molar-refractivity contribution in [1.82, 2.24) is 0 Å². The smallest absolute Gasteiger partial charge is 0.462 e. The van der Waals surface area contributed by atoms with Gasteiger partial charge in [0.25, 0.3) is 0 Å². The third-order valence-corrected chi connectivity index (χ3v) is 19.7. The van der Waals surface area contributed by atoms with Gasteiger partial charge in [-0.1, -0.05) is 301 Å². The first-order valence-corrected chi connectivity index (χ1v) is 43.9. The van der Waals surface area contributed by atoms with Gasteiger partial charge in [0.1, 0.15) is 19.3 Å². The van der Waals surface area contributed by atoms with Crippen molar-refractivity contribution in [2.75, 3.05) is 39.6 Å². The highest BCUT2D eigenvalue weighted by Gasteiger charge is 2.30. The molecule has 0 saturated heterocycles. The largest absolute Gasteiger partial charge is 0.472 e. The molecule has 0 heterocycles. The van der Waals surface area contributed by atoms with Gasteiger partial charge in [-0.3, -0.25) is 37.3 Å². The van der Waals surface area contributed by atoms with Gasteiger partial charge >= 0.3 is 39.5 Å². The number of carbonyl (C=O) groups is 4. The summed E-state index contributed by atoms with van der Waals surface area (Å²) in [6.45, 7) is 4.89. The van der Waals surface area contributed by atoms with Crippen LogP contribution in [0.3, 0.4) is 0 Å². The van der Waals surface area contributed by atoms with Crippen LogP contribution in [0.15, 0.2) is 48.6 Å². The topological polar surface area (TPSA) is 237 Å². The second-order valence-corrected chi connectivity index (χ2v) is 30.6. The molecule has 17 nitrogen and oxygen atoms in total. The lowest BCUT2D eigenvalue weighted by atomic mass is 10.0. The predicted octanol–water partition coefficient (Wildman–Crippen LogP) is 23.7. The minimum atomic E-state index is -4.97. The minimum absolute atomic E-state index is 0.0824. The molecule has 0 aliphatic heterocycles. The van der Waals surface area contributed by atoms with E-state index in [-0.39, 0.29) is 25.7 Å². The van der Waals surface area contributed by atoms with Crippen molar-refractivity contribution in [3.05, 3.63) is 48.6 Å². The first-order chi connectivity index (χ1) is 48.7. The Labute approximate surface area is 610 Å². The van der Waals surface area contributed by atoms with Crippen LogP contribution >= 0.6 is 15.6 Å². The molecular formula is C81H150O17P2. The molecule has 586 valence electrons. The Morgan fingerprint density at radius 3 is 0.780 bits per heavy atom. The Bertz CT molecular complexity index is 2080. The average molecular weight is 1460 g/mol. The van der Waals surface area contributed by atoms with Crippen LogP contribution in [0.1, 0.15) is 387 Å². The van der Waals surface area contributed by atoms with E-state index in [9.17, 15) is 43.2 Å². The van der Waals surface area contributed by atoms with Crippen LogP contribution in [-0.4, -0.2) is 96.7 Å². The van der Waals surface area contributed by atoms with Crippen LogP contribution in [0, 0.1) is 0 Å². The molecule has 0 aromatic carbocycles. The Hall–Kier alpha value is -2.98. The zero-order valence-corrected chi connectivity index (χ0v) is 65.9. The normalized spacial score (nSPS) is 14.1. The SMILES string of the molecule is CCCCC/C=C\C/C=C\CCCCCCCC(=O)O[C@H](COC(=O)CCCCCCC/C=C\CCCCCCCC)COP(=O)(O)OC[C@@H](O)COP(=O)(O)OC[C@@H](COC(=O)CCCCCCCCC/C=C\CCCCCC)OC(=O)CCCCCCCCCCCCCCCCC. The van der Waals surface area contributed by atoms with Gasteiger partial charge in [0.2, 0.25) is 0 Å². The maximum atomic E-state index is 13.1. The highest BCUT2D eigenvalue weighted by atomic mass is 31.2. The van der Waals surface area contributed by atoms with Gasteiger partial charge in [-0.05, 0) is 109 Å². The molecule has 0 spiro atoms. The van der Waals surface area contributed by atoms with E-state index in [2.05, 4.69) is 76.3 Å². The number of aliphatic hydroxyl groups is 1. The number of hydrogen-bond donors (Lipinski definition) is 3. The lowest BCUT2D eigenvalue weighted by Gasteiger charge is -2.21. The fraction of sp³-hybridized carbons (Fsp3) is 0.852. The van der Waals surface area contributed by atoms with E-state index in [1.54, 1.807) is 0 Å². The molecule has 0 aliphatic carbocycles. The van der Waals surface area contributed by atoms with E-state index >= 15 is 0 Å². The first kappa shape index (κ1) is 97.0. The van der Waals surface area contributed by atoms with Crippen LogP contribution in [0.25, 0.3) is 0 Å². The van der Waals surface area contributed by atoms with Crippen LogP contribution in [0.2, 0.25) is 0 Å². The molecule has 0 aliphatic rings. The third-order valence-electron chi connectivity index (χ3n) is 17.8. The zero-order valence-electron chi connectivity index (χ0n) is 64.1. The van der Waals surface area contributed by atoms with E-state index in [4.69, 9.17) is 37.0 Å². The number of rotatable bonds is 78. The molecule has 0 rings (SSSR count). The summed E-state index contributed by atoms with van der Waals surface area (Å²) in [7, 11) is -9.94. The number of aliphatic hydroxyl groups excluding tert-OH is 1. The van der Waals surface area contributed by atoms with Crippen LogP contribution in [0.5, 0.6) is 0 Å². The van der Waals surface area contributed by atoms with Gasteiger partial charge in [-0.15, -0.1) is 0 Å². The monoisotopic (exact) mass is 1460 g/mol. The summed E-state index contributed by atoms with van der Waals surface area (Å²) in [5, 5.41) is 10.6. The quantitative estimate of drug-likeness (QED) is 0.0169. The molecule has 5 atom stereocenters. The summed E-state index contributed by atoms with van der Waals surface area (Å²) >= 11 is 0. The molecular weight excluding hydrogens is 1310 g/mol. The van der Waals surface area contributed by atoms with Crippen molar-refractivity contribution in [1.29, 1.82) is 0 Å². The lowest BCUT2D eigenvalue weighted by Crippen LogP contribution is -2.30. The van der Waals surface area contributed by atoms with Crippen molar-refractivity contribution in [2.24, 2.45) is 0 Å². The maximum absolute atomic E-state index is 13.1. The Kier molecular flexibility index (Phi) is 72.1. The lowest BCUT2D eigenvalue weighted by molar-refractivity contribution is -0.161. The number of ether oxygens (including phenoxy) is 4. The number of phosphoric acid groups is 2. The fourth-order valence-corrected chi connectivity index (χ4v) is 13.1. The first-order valence-electron chi connectivity index (χ1n) is 40.9. The van der Waals surface area contributed by atoms with Crippen molar-refractivity contribution in [3.63, 3.8) is 0 Å². The number of hydrogen-bond acceptors (Lipinski definition) is 15. The number of carbonyl (C=O) groups excluding carboxylic acids is 4. The van der Waals surface area contributed by atoms with Crippen LogP contribution in [0.4, 0.5) is 0 Å². The number of phosphoric ester groups is 2. The molecule has 0 aromatic rings. The molecule has 3 N–H and O–H groups in total. The van der Waals surface area contributed by atoms with Crippen molar-refractivity contribution in [2.45, 2.75) is 406 Å². The second kappa shape index (κ2) is 74.3. The van der Waals surface area contributed by atoms with E-state index in [1.165, 1.54) is 161 Å². The van der Waals surface area contributed by atoms with Gasteiger partial charge < -0.3 is 33.8 Å². The maximum Gasteiger partial charge on any atom is 0.472 e. The van der Waals surface area contributed by atoms with E-state index in [0.717, 1.165) is 148 Å². The second-order valence-electron chi connectivity index (χ2n) is 27.7. The molecule has 0 fully saturated rings. The number of esters is 4. The molecule has 0 aromatic heterocycles. The fourth-order valence-electron chi connectivity index (χ4n) is 11.5. The van der Waals surface area contributed by atoms with Crippen molar-refractivity contribution in [3.8, 4) is 0 Å².